The SMILES string of the molecule is CC1(C)C(=O)N(Cc2ccccc2)[C@@H]2CCC=C[C@@H]21. The van der Waals surface area contributed by atoms with E-state index < -0.39 is 0 Å². The first-order valence-electron chi connectivity index (χ1n) is 7.12. The number of carbonyl (C=O) groups excluding carboxylic acids is 1. The van der Waals surface area contributed by atoms with Crippen LogP contribution in [0.1, 0.15) is 32.3 Å². The molecule has 1 heterocycles. The maximum absolute atomic E-state index is 12.7. The molecule has 0 saturated carbocycles. The van der Waals surface area contributed by atoms with Crippen molar-refractivity contribution in [3.63, 3.8) is 0 Å². The second kappa shape index (κ2) is 4.52. The standard InChI is InChI=1S/C17H21NO/c1-17(2)14-10-6-7-11-15(14)18(16(17)19)12-13-8-4-3-5-9-13/h3-6,8-10,14-15H,7,11-12H2,1-2H3/t14-,15+/m0/s1. The van der Waals surface area contributed by atoms with Crippen molar-refractivity contribution in [3.8, 4) is 0 Å². The van der Waals surface area contributed by atoms with Gasteiger partial charge < -0.3 is 4.90 Å². The topological polar surface area (TPSA) is 20.3 Å². The largest absolute Gasteiger partial charge is 0.334 e. The zero-order valence-corrected chi connectivity index (χ0v) is 11.7. The summed E-state index contributed by atoms with van der Waals surface area (Å²) >= 11 is 0. The molecule has 1 aliphatic carbocycles. The molecule has 1 aromatic carbocycles. The van der Waals surface area contributed by atoms with E-state index in [4.69, 9.17) is 0 Å². The lowest BCUT2D eigenvalue weighted by Crippen LogP contribution is -2.35. The molecule has 2 aliphatic rings. The number of hydrogen-bond acceptors (Lipinski definition) is 1. The third-order valence-corrected chi connectivity index (χ3v) is 4.63. The zero-order chi connectivity index (χ0) is 13.5. The van der Waals surface area contributed by atoms with Gasteiger partial charge in [0.15, 0.2) is 0 Å². The molecule has 0 N–H and O–H groups in total. The fraction of sp³-hybridized carbons (Fsp3) is 0.471. The first-order chi connectivity index (χ1) is 9.10. The average molecular weight is 255 g/mol. The van der Waals surface area contributed by atoms with Crippen LogP contribution < -0.4 is 0 Å². The summed E-state index contributed by atoms with van der Waals surface area (Å²) in [6.07, 6.45) is 6.69. The Hall–Kier alpha value is -1.57. The van der Waals surface area contributed by atoms with Gasteiger partial charge in [-0.15, -0.1) is 0 Å². The molecule has 0 aromatic heterocycles. The predicted octanol–water partition coefficient (Wildman–Crippen LogP) is 3.39. The summed E-state index contributed by atoms with van der Waals surface area (Å²) in [5.41, 5.74) is 0.970. The van der Waals surface area contributed by atoms with E-state index in [2.05, 4.69) is 43.0 Å². The number of allylic oxidation sites excluding steroid dienone is 1. The normalized spacial score (nSPS) is 28.5. The summed E-state index contributed by atoms with van der Waals surface area (Å²) in [5.74, 6) is 0.676. The molecule has 2 heteroatoms. The third-order valence-electron chi connectivity index (χ3n) is 4.63. The van der Waals surface area contributed by atoms with Crippen LogP contribution in [0.4, 0.5) is 0 Å². The third kappa shape index (κ3) is 1.99. The average Bonchev–Trinajstić information content (AvgIpc) is 2.62. The van der Waals surface area contributed by atoms with E-state index in [9.17, 15) is 4.79 Å². The van der Waals surface area contributed by atoms with Gasteiger partial charge >= 0.3 is 0 Å². The second-order valence-electron chi connectivity index (χ2n) is 6.24. The van der Waals surface area contributed by atoms with Crippen molar-refractivity contribution in [1.82, 2.24) is 4.90 Å². The van der Waals surface area contributed by atoms with E-state index in [1.54, 1.807) is 0 Å². The minimum atomic E-state index is -0.254. The number of likely N-dealkylation sites (tertiary alicyclic amines) is 1. The molecule has 1 aromatic rings. The molecule has 1 fully saturated rings. The number of hydrogen-bond donors (Lipinski definition) is 0. The molecule has 2 atom stereocenters. The molecule has 0 radical (unpaired) electrons. The van der Waals surface area contributed by atoms with E-state index in [0.29, 0.717) is 17.9 Å². The van der Waals surface area contributed by atoms with Crippen LogP contribution in [0, 0.1) is 11.3 Å². The summed E-state index contributed by atoms with van der Waals surface area (Å²) in [5, 5.41) is 0. The number of benzene rings is 1. The summed E-state index contributed by atoms with van der Waals surface area (Å²) in [7, 11) is 0. The number of carbonyl (C=O) groups is 1. The summed E-state index contributed by atoms with van der Waals surface area (Å²) in [6, 6.07) is 10.7. The van der Waals surface area contributed by atoms with Crippen molar-refractivity contribution in [2.45, 2.75) is 39.3 Å². The van der Waals surface area contributed by atoms with Gasteiger partial charge in [-0.3, -0.25) is 4.79 Å². The Kier molecular flexibility index (Phi) is 2.96. The first-order valence-corrected chi connectivity index (χ1v) is 7.12. The Bertz CT molecular complexity index is 503. The van der Waals surface area contributed by atoms with Gasteiger partial charge in [0, 0.05) is 18.5 Å². The molecule has 1 saturated heterocycles. The fourth-order valence-electron chi connectivity index (χ4n) is 3.52. The van der Waals surface area contributed by atoms with Crippen LogP contribution in [0.2, 0.25) is 0 Å². The number of rotatable bonds is 2. The molecule has 100 valence electrons. The van der Waals surface area contributed by atoms with Crippen LogP contribution in [0.3, 0.4) is 0 Å². The van der Waals surface area contributed by atoms with E-state index >= 15 is 0 Å². The van der Waals surface area contributed by atoms with Crippen molar-refractivity contribution in [2.75, 3.05) is 0 Å². The Morgan fingerprint density at radius 2 is 2.00 bits per heavy atom. The second-order valence-corrected chi connectivity index (χ2v) is 6.24. The van der Waals surface area contributed by atoms with Crippen LogP contribution in [-0.2, 0) is 11.3 Å². The molecule has 0 unspecified atom stereocenters. The summed E-state index contributed by atoms with van der Waals surface area (Å²) in [6.45, 7) is 4.93. The maximum atomic E-state index is 12.7. The van der Waals surface area contributed by atoms with Gasteiger partial charge in [-0.2, -0.15) is 0 Å². The lowest BCUT2D eigenvalue weighted by Gasteiger charge is -2.30. The Labute approximate surface area is 115 Å². The van der Waals surface area contributed by atoms with Gasteiger partial charge in [-0.1, -0.05) is 56.3 Å². The highest BCUT2D eigenvalue weighted by molar-refractivity contribution is 5.85. The Morgan fingerprint density at radius 1 is 1.26 bits per heavy atom. The minimum absolute atomic E-state index is 0.254. The Morgan fingerprint density at radius 3 is 2.74 bits per heavy atom. The highest BCUT2D eigenvalue weighted by Crippen LogP contribution is 2.45. The van der Waals surface area contributed by atoms with E-state index in [0.717, 1.165) is 19.4 Å². The smallest absolute Gasteiger partial charge is 0.229 e. The van der Waals surface area contributed by atoms with Gasteiger partial charge in [0.25, 0.3) is 0 Å². The predicted molar refractivity (Wildman–Crippen MR) is 76.4 cm³/mol. The van der Waals surface area contributed by atoms with Crippen LogP contribution in [0.5, 0.6) is 0 Å². The molecule has 2 nitrogen and oxygen atoms in total. The monoisotopic (exact) mass is 255 g/mol. The lowest BCUT2D eigenvalue weighted by molar-refractivity contribution is -0.136. The van der Waals surface area contributed by atoms with Crippen molar-refractivity contribution >= 4 is 5.91 Å². The van der Waals surface area contributed by atoms with Crippen molar-refractivity contribution < 1.29 is 4.79 Å². The van der Waals surface area contributed by atoms with E-state index in [-0.39, 0.29) is 5.41 Å². The highest BCUT2D eigenvalue weighted by atomic mass is 16.2. The summed E-state index contributed by atoms with van der Waals surface area (Å²) < 4.78 is 0. The lowest BCUT2D eigenvalue weighted by atomic mass is 9.75. The maximum Gasteiger partial charge on any atom is 0.229 e. The van der Waals surface area contributed by atoms with E-state index in [1.165, 1.54) is 5.56 Å². The molecule has 0 bridgehead atoms. The molecule has 19 heavy (non-hydrogen) atoms. The van der Waals surface area contributed by atoms with Gasteiger partial charge in [0.1, 0.15) is 0 Å². The van der Waals surface area contributed by atoms with Crippen LogP contribution in [-0.4, -0.2) is 16.8 Å². The quantitative estimate of drug-likeness (QED) is 0.742. The van der Waals surface area contributed by atoms with Crippen LogP contribution >= 0.6 is 0 Å². The number of nitrogens with zero attached hydrogens (tertiary/aromatic N) is 1. The molecule has 3 rings (SSSR count). The molecular weight excluding hydrogens is 234 g/mol. The van der Waals surface area contributed by atoms with Gasteiger partial charge in [-0.05, 0) is 18.4 Å². The molecule has 1 aliphatic heterocycles. The summed E-state index contributed by atoms with van der Waals surface area (Å²) in [4.78, 5) is 14.8. The zero-order valence-electron chi connectivity index (χ0n) is 11.7. The number of amides is 1. The molecule has 1 amide bonds. The van der Waals surface area contributed by atoms with Crippen molar-refractivity contribution in [1.29, 1.82) is 0 Å². The van der Waals surface area contributed by atoms with Gasteiger partial charge in [0.05, 0.1) is 5.41 Å². The first kappa shape index (κ1) is 12.5. The van der Waals surface area contributed by atoms with Gasteiger partial charge in [0.2, 0.25) is 5.91 Å². The highest BCUT2D eigenvalue weighted by Gasteiger charge is 2.52. The number of fused-ring (bicyclic) bond motifs is 1. The Balaban J connectivity index is 1.89. The fourth-order valence-corrected chi connectivity index (χ4v) is 3.52. The van der Waals surface area contributed by atoms with Gasteiger partial charge in [-0.25, -0.2) is 0 Å². The van der Waals surface area contributed by atoms with Crippen molar-refractivity contribution in [3.05, 3.63) is 48.0 Å². The van der Waals surface area contributed by atoms with E-state index in [1.807, 2.05) is 18.2 Å². The minimum Gasteiger partial charge on any atom is -0.334 e. The van der Waals surface area contributed by atoms with Crippen LogP contribution in [0.25, 0.3) is 0 Å². The molecular formula is C17H21NO. The van der Waals surface area contributed by atoms with Crippen molar-refractivity contribution in [2.24, 2.45) is 11.3 Å². The van der Waals surface area contributed by atoms with Crippen LogP contribution in [0.15, 0.2) is 42.5 Å². The molecule has 0 spiro atoms.